The molecule has 1 aromatic carbocycles. The van der Waals surface area contributed by atoms with E-state index in [0.29, 0.717) is 17.1 Å². The maximum absolute atomic E-state index is 12.2. The van der Waals surface area contributed by atoms with E-state index in [9.17, 15) is 4.79 Å². The lowest BCUT2D eigenvalue weighted by Gasteiger charge is -2.18. The smallest absolute Gasteiger partial charge is 0.276 e. The molecule has 2 aromatic rings. The summed E-state index contributed by atoms with van der Waals surface area (Å²) < 4.78 is 1.54. The summed E-state index contributed by atoms with van der Waals surface area (Å²) in [5.41, 5.74) is 7.63. The molecule has 0 aliphatic carbocycles. The highest BCUT2D eigenvalue weighted by Gasteiger charge is 2.17. The van der Waals surface area contributed by atoms with Crippen molar-refractivity contribution in [1.82, 2.24) is 9.78 Å². The molecule has 0 fully saturated rings. The molecule has 0 aliphatic rings. The van der Waals surface area contributed by atoms with Gasteiger partial charge in [-0.1, -0.05) is 12.1 Å². The number of nitrogens with zero attached hydrogens (tertiary/aromatic N) is 3. The number of anilines is 2. The number of hydrogen-bond donors (Lipinski definition) is 1. The highest BCUT2D eigenvalue weighted by molar-refractivity contribution is 6.06. The monoisotopic (exact) mass is 230 g/mol. The van der Waals surface area contributed by atoms with Crippen LogP contribution in [0.5, 0.6) is 0 Å². The maximum atomic E-state index is 12.2. The van der Waals surface area contributed by atoms with Crippen LogP contribution in [0.25, 0.3) is 0 Å². The summed E-state index contributed by atoms with van der Waals surface area (Å²) in [7, 11) is 3.43. The number of aryl methyl sites for hydroxylation is 1. The number of amides is 1. The van der Waals surface area contributed by atoms with Crippen molar-refractivity contribution in [2.24, 2.45) is 7.05 Å². The highest BCUT2D eigenvalue weighted by Crippen LogP contribution is 2.22. The molecule has 0 saturated heterocycles. The van der Waals surface area contributed by atoms with E-state index in [1.807, 2.05) is 18.2 Å². The van der Waals surface area contributed by atoms with Gasteiger partial charge in [-0.2, -0.15) is 5.10 Å². The lowest BCUT2D eigenvalue weighted by atomic mass is 10.2. The van der Waals surface area contributed by atoms with Crippen molar-refractivity contribution in [2.45, 2.75) is 0 Å². The molecule has 1 amide bonds. The molecular weight excluding hydrogens is 216 g/mol. The van der Waals surface area contributed by atoms with Crippen molar-refractivity contribution >= 4 is 17.3 Å². The Labute approximate surface area is 99.5 Å². The van der Waals surface area contributed by atoms with Gasteiger partial charge in [-0.3, -0.25) is 9.48 Å². The largest absolute Gasteiger partial charge is 0.397 e. The summed E-state index contributed by atoms with van der Waals surface area (Å²) in [4.78, 5) is 13.7. The lowest BCUT2D eigenvalue weighted by Crippen LogP contribution is -2.28. The van der Waals surface area contributed by atoms with Gasteiger partial charge in [0.05, 0.1) is 11.4 Å². The van der Waals surface area contributed by atoms with E-state index in [1.165, 1.54) is 9.58 Å². The average molecular weight is 230 g/mol. The summed E-state index contributed by atoms with van der Waals surface area (Å²) >= 11 is 0. The number of nitrogens with two attached hydrogens (primary N) is 1. The standard InChI is InChI=1S/C12H14N4O/c1-15(10-6-4-3-5-9(10)13)12(17)11-7-8-14-16(11)2/h3-8H,13H2,1-2H3. The molecule has 0 saturated carbocycles. The molecule has 1 heterocycles. The van der Waals surface area contributed by atoms with E-state index in [1.54, 1.807) is 32.4 Å². The van der Waals surface area contributed by atoms with Crippen LogP contribution in [0.4, 0.5) is 11.4 Å². The molecule has 5 heteroatoms. The van der Waals surface area contributed by atoms with Crippen LogP contribution in [-0.2, 0) is 7.05 Å². The van der Waals surface area contributed by atoms with Crippen molar-refractivity contribution < 1.29 is 4.79 Å². The third-order valence-corrected chi connectivity index (χ3v) is 2.64. The van der Waals surface area contributed by atoms with Crippen LogP contribution in [0.1, 0.15) is 10.5 Å². The first-order valence-electron chi connectivity index (χ1n) is 5.22. The summed E-state index contributed by atoms with van der Waals surface area (Å²) in [5, 5.41) is 3.97. The zero-order valence-electron chi connectivity index (χ0n) is 9.79. The minimum Gasteiger partial charge on any atom is -0.397 e. The third kappa shape index (κ3) is 1.99. The molecule has 88 valence electrons. The molecule has 1 aromatic heterocycles. The zero-order valence-corrected chi connectivity index (χ0v) is 9.79. The number of aromatic nitrogens is 2. The number of carbonyl (C=O) groups is 1. The summed E-state index contributed by atoms with van der Waals surface area (Å²) in [5.74, 6) is -0.136. The first kappa shape index (κ1) is 11.2. The van der Waals surface area contributed by atoms with Gasteiger partial charge in [0.15, 0.2) is 0 Å². The Balaban J connectivity index is 2.33. The van der Waals surface area contributed by atoms with Crippen molar-refractivity contribution in [2.75, 3.05) is 17.7 Å². The molecule has 5 nitrogen and oxygen atoms in total. The third-order valence-electron chi connectivity index (χ3n) is 2.64. The van der Waals surface area contributed by atoms with Gasteiger partial charge in [0.2, 0.25) is 0 Å². The van der Waals surface area contributed by atoms with Gasteiger partial charge in [-0.25, -0.2) is 0 Å². The van der Waals surface area contributed by atoms with Gasteiger partial charge in [-0.15, -0.1) is 0 Å². The second kappa shape index (κ2) is 4.29. The van der Waals surface area contributed by atoms with Gasteiger partial charge < -0.3 is 10.6 Å². The lowest BCUT2D eigenvalue weighted by molar-refractivity contribution is 0.0984. The molecule has 0 radical (unpaired) electrons. The van der Waals surface area contributed by atoms with E-state index in [0.717, 1.165) is 0 Å². The Morgan fingerprint density at radius 1 is 1.35 bits per heavy atom. The number of carbonyl (C=O) groups excluding carboxylic acids is 1. The average Bonchev–Trinajstić information content (AvgIpc) is 2.74. The fourth-order valence-corrected chi connectivity index (χ4v) is 1.66. The summed E-state index contributed by atoms with van der Waals surface area (Å²) in [6.07, 6.45) is 1.59. The van der Waals surface area contributed by atoms with Crippen LogP contribution in [0.2, 0.25) is 0 Å². The van der Waals surface area contributed by atoms with E-state index in [-0.39, 0.29) is 5.91 Å². The second-order valence-corrected chi connectivity index (χ2v) is 3.76. The maximum Gasteiger partial charge on any atom is 0.276 e. The van der Waals surface area contributed by atoms with Crippen molar-refractivity contribution in [3.8, 4) is 0 Å². The SMILES string of the molecule is CN(C(=O)c1ccnn1C)c1ccccc1N. The Bertz CT molecular complexity index is 547. The molecule has 0 spiro atoms. The van der Waals surface area contributed by atoms with E-state index in [2.05, 4.69) is 5.10 Å². The summed E-state index contributed by atoms with van der Waals surface area (Å²) in [6, 6.07) is 8.93. The van der Waals surface area contributed by atoms with E-state index in [4.69, 9.17) is 5.73 Å². The molecule has 2 N–H and O–H groups in total. The molecular formula is C12H14N4O. The molecule has 0 aliphatic heterocycles. The molecule has 2 rings (SSSR count). The van der Waals surface area contributed by atoms with Crippen molar-refractivity contribution in [3.05, 3.63) is 42.2 Å². The second-order valence-electron chi connectivity index (χ2n) is 3.76. The molecule has 0 atom stereocenters. The Morgan fingerprint density at radius 3 is 2.65 bits per heavy atom. The minimum absolute atomic E-state index is 0.136. The van der Waals surface area contributed by atoms with Crippen LogP contribution < -0.4 is 10.6 Å². The fourth-order valence-electron chi connectivity index (χ4n) is 1.66. The molecule has 17 heavy (non-hydrogen) atoms. The molecule has 0 bridgehead atoms. The Morgan fingerprint density at radius 2 is 2.06 bits per heavy atom. The predicted octanol–water partition coefficient (Wildman–Crippen LogP) is 1.28. The Hall–Kier alpha value is -2.30. The first-order chi connectivity index (χ1) is 8.11. The molecule has 0 unspecified atom stereocenters. The van der Waals surface area contributed by atoms with Crippen LogP contribution in [0.15, 0.2) is 36.5 Å². The van der Waals surface area contributed by atoms with Gasteiger partial charge in [0, 0.05) is 20.3 Å². The van der Waals surface area contributed by atoms with Crippen LogP contribution in [-0.4, -0.2) is 22.7 Å². The summed E-state index contributed by atoms with van der Waals surface area (Å²) in [6.45, 7) is 0. The number of rotatable bonds is 2. The number of hydrogen-bond acceptors (Lipinski definition) is 3. The zero-order chi connectivity index (χ0) is 12.4. The van der Waals surface area contributed by atoms with Crippen molar-refractivity contribution in [3.63, 3.8) is 0 Å². The number of benzene rings is 1. The van der Waals surface area contributed by atoms with Gasteiger partial charge in [-0.05, 0) is 18.2 Å². The van der Waals surface area contributed by atoms with E-state index < -0.39 is 0 Å². The van der Waals surface area contributed by atoms with Gasteiger partial charge in [0.25, 0.3) is 5.91 Å². The quantitative estimate of drug-likeness (QED) is 0.790. The van der Waals surface area contributed by atoms with Gasteiger partial charge in [0.1, 0.15) is 5.69 Å². The number of para-hydroxylation sites is 2. The normalized spacial score (nSPS) is 10.2. The number of nitrogen functional groups attached to an aromatic ring is 1. The highest BCUT2D eigenvalue weighted by atomic mass is 16.2. The van der Waals surface area contributed by atoms with Gasteiger partial charge >= 0.3 is 0 Å². The van der Waals surface area contributed by atoms with Crippen molar-refractivity contribution in [1.29, 1.82) is 0 Å². The minimum atomic E-state index is -0.136. The predicted molar refractivity (Wildman–Crippen MR) is 66.8 cm³/mol. The van der Waals surface area contributed by atoms with Crippen LogP contribution >= 0.6 is 0 Å². The topological polar surface area (TPSA) is 64.2 Å². The Kier molecular flexibility index (Phi) is 2.82. The van der Waals surface area contributed by atoms with Crippen LogP contribution in [0, 0.1) is 0 Å². The van der Waals surface area contributed by atoms with Crippen LogP contribution in [0.3, 0.4) is 0 Å². The first-order valence-corrected chi connectivity index (χ1v) is 5.22. The van der Waals surface area contributed by atoms with E-state index >= 15 is 0 Å². The fraction of sp³-hybridized carbons (Fsp3) is 0.167.